The standard InChI is InChI=1S/C8H9NOS2/c9-5-1-2-7-12(10)8-4-3-6-11-8/h3-4,6H,1-2,7H2. The molecule has 0 bridgehead atoms. The van der Waals surface area contributed by atoms with Crippen LogP contribution in [-0.2, 0) is 10.8 Å². The molecule has 0 aliphatic carbocycles. The lowest BCUT2D eigenvalue weighted by molar-refractivity contribution is 0.682. The van der Waals surface area contributed by atoms with Gasteiger partial charge in [-0.1, -0.05) is 6.07 Å². The Kier molecular flexibility index (Phi) is 3.98. The minimum atomic E-state index is -0.886. The number of rotatable bonds is 4. The first kappa shape index (κ1) is 9.43. The molecule has 0 aromatic carbocycles. The molecule has 64 valence electrons. The molecule has 0 amide bonds. The summed E-state index contributed by atoms with van der Waals surface area (Å²) in [5.74, 6) is 0.605. The Labute approximate surface area is 78.3 Å². The van der Waals surface area contributed by atoms with Crippen LogP contribution in [0.5, 0.6) is 0 Å². The summed E-state index contributed by atoms with van der Waals surface area (Å²) < 4.78 is 12.3. The lowest BCUT2D eigenvalue weighted by atomic mass is 10.4. The van der Waals surface area contributed by atoms with Crippen LogP contribution < -0.4 is 0 Å². The van der Waals surface area contributed by atoms with Gasteiger partial charge in [-0.25, -0.2) is 0 Å². The molecule has 1 unspecified atom stereocenters. The molecule has 0 radical (unpaired) electrons. The first-order valence-corrected chi connectivity index (χ1v) is 5.83. The van der Waals surface area contributed by atoms with Crippen LogP contribution in [0.25, 0.3) is 0 Å². The van der Waals surface area contributed by atoms with Crippen molar-refractivity contribution >= 4 is 22.1 Å². The third kappa shape index (κ3) is 2.76. The number of unbranched alkanes of at least 4 members (excludes halogenated alkanes) is 1. The maximum Gasteiger partial charge on any atom is 0.0910 e. The van der Waals surface area contributed by atoms with Crippen LogP contribution in [0.4, 0.5) is 0 Å². The quantitative estimate of drug-likeness (QED) is 0.697. The highest BCUT2D eigenvalue weighted by atomic mass is 32.2. The van der Waals surface area contributed by atoms with Gasteiger partial charge in [0.15, 0.2) is 0 Å². The van der Waals surface area contributed by atoms with E-state index in [0.717, 1.165) is 10.6 Å². The molecule has 1 aromatic heterocycles. The molecule has 1 heterocycles. The molecule has 0 saturated heterocycles. The van der Waals surface area contributed by atoms with Gasteiger partial charge < -0.3 is 0 Å². The second-order valence-electron chi connectivity index (χ2n) is 2.24. The Morgan fingerprint density at radius 3 is 3.08 bits per heavy atom. The number of thiophene rings is 1. The molecule has 0 N–H and O–H groups in total. The summed E-state index contributed by atoms with van der Waals surface area (Å²) >= 11 is 1.51. The number of hydrogen-bond donors (Lipinski definition) is 0. The summed E-state index contributed by atoms with van der Waals surface area (Å²) in [5, 5.41) is 10.2. The second-order valence-corrected chi connectivity index (χ2v) is 4.99. The van der Waals surface area contributed by atoms with E-state index in [4.69, 9.17) is 5.26 Å². The Bertz CT molecular complexity index is 287. The van der Waals surface area contributed by atoms with E-state index in [9.17, 15) is 4.21 Å². The highest BCUT2D eigenvalue weighted by Gasteiger charge is 2.02. The normalized spacial score (nSPS) is 12.2. The Morgan fingerprint density at radius 2 is 2.50 bits per heavy atom. The van der Waals surface area contributed by atoms with Crippen LogP contribution in [0.2, 0.25) is 0 Å². The van der Waals surface area contributed by atoms with E-state index in [1.54, 1.807) is 0 Å². The SMILES string of the molecule is N#CCCCS(=O)c1cccs1. The number of nitriles is 1. The van der Waals surface area contributed by atoms with Gasteiger partial charge in [-0.15, -0.1) is 11.3 Å². The van der Waals surface area contributed by atoms with Gasteiger partial charge in [0, 0.05) is 12.2 Å². The van der Waals surface area contributed by atoms with Crippen molar-refractivity contribution in [2.75, 3.05) is 5.75 Å². The van der Waals surface area contributed by atoms with Gasteiger partial charge in [0.2, 0.25) is 0 Å². The second kappa shape index (κ2) is 5.07. The maximum absolute atomic E-state index is 11.4. The van der Waals surface area contributed by atoms with Crippen molar-refractivity contribution in [1.29, 1.82) is 5.26 Å². The van der Waals surface area contributed by atoms with Gasteiger partial charge in [0.1, 0.15) is 0 Å². The molecular weight excluding hydrogens is 190 g/mol. The molecule has 1 aromatic rings. The van der Waals surface area contributed by atoms with Crippen molar-refractivity contribution in [3.8, 4) is 6.07 Å². The smallest absolute Gasteiger partial charge is 0.0910 e. The Morgan fingerprint density at radius 1 is 1.67 bits per heavy atom. The third-order valence-electron chi connectivity index (χ3n) is 1.34. The fraction of sp³-hybridized carbons (Fsp3) is 0.375. The van der Waals surface area contributed by atoms with Crippen molar-refractivity contribution in [3.05, 3.63) is 17.5 Å². The molecule has 1 rings (SSSR count). The zero-order chi connectivity index (χ0) is 8.81. The van der Waals surface area contributed by atoms with E-state index in [1.807, 2.05) is 23.6 Å². The predicted octanol–water partition coefficient (Wildman–Crippen LogP) is 2.16. The molecule has 0 fully saturated rings. The van der Waals surface area contributed by atoms with Crippen LogP contribution in [0.1, 0.15) is 12.8 Å². The largest absolute Gasteiger partial charge is 0.254 e. The summed E-state index contributed by atoms with van der Waals surface area (Å²) in [6.45, 7) is 0. The highest BCUT2D eigenvalue weighted by Crippen LogP contribution is 2.14. The number of nitrogens with zero attached hydrogens (tertiary/aromatic N) is 1. The average molecular weight is 199 g/mol. The molecule has 0 spiro atoms. The zero-order valence-electron chi connectivity index (χ0n) is 6.53. The molecule has 12 heavy (non-hydrogen) atoms. The van der Waals surface area contributed by atoms with Crippen molar-refractivity contribution in [2.24, 2.45) is 0 Å². The van der Waals surface area contributed by atoms with E-state index in [-0.39, 0.29) is 0 Å². The lowest BCUT2D eigenvalue weighted by Gasteiger charge is -1.94. The zero-order valence-corrected chi connectivity index (χ0v) is 8.16. The first-order valence-electron chi connectivity index (χ1n) is 3.63. The fourth-order valence-corrected chi connectivity index (χ4v) is 2.91. The van der Waals surface area contributed by atoms with Crippen molar-refractivity contribution in [1.82, 2.24) is 0 Å². The van der Waals surface area contributed by atoms with Crippen LogP contribution in [-0.4, -0.2) is 9.96 Å². The van der Waals surface area contributed by atoms with Gasteiger partial charge in [-0.05, 0) is 17.9 Å². The summed E-state index contributed by atoms with van der Waals surface area (Å²) in [4.78, 5) is 0. The van der Waals surface area contributed by atoms with E-state index >= 15 is 0 Å². The summed E-state index contributed by atoms with van der Waals surface area (Å²) in [7, 11) is -0.886. The monoisotopic (exact) mass is 199 g/mol. The molecule has 4 heteroatoms. The molecule has 0 aliphatic rings. The van der Waals surface area contributed by atoms with Crippen molar-refractivity contribution in [2.45, 2.75) is 17.1 Å². The molecule has 0 aliphatic heterocycles. The highest BCUT2D eigenvalue weighted by molar-refractivity contribution is 7.87. The van der Waals surface area contributed by atoms with Gasteiger partial charge in [-0.2, -0.15) is 5.26 Å². The topological polar surface area (TPSA) is 40.9 Å². The first-order chi connectivity index (χ1) is 5.84. The van der Waals surface area contributed by atoms with Gasteiger partial charge in [0.25, 0.3) is 0 Å². The molecule has 0 saturated carbocycles. The van der Waals surface area contributed by atoms with Crippen molar-refractivity contribution < 1.29 is 4.21 Å². The molecule has 1 atom stereocenters. The minimum Gasteiger partial charge on any atom is -0.254 e. The van der Waals surface area contributed by atoms with Crippen molar-refractivity contribution in [3.63, 3.8) is 0 Å². The van der Waals surface area contributed by atoms with E-state index in [2.05, 4.69) is 0 Å². The van der Waals surface area contributed by atoms with Crippen LogP contribution >= 0.6 is 11.3 Å². The van der Waals surface area contributed by atoms with Gasteiger partial charge >= 0.3 is 0 Å². The minimum absolute atomic E-state index is 0.497. The molecular formula is C8H9NOS2. The third-order valence-corrected chi connectivity index (χ3v) is 4.09. The van der Waals surface area contributed by atoms with Crippen LogP contribution in [0, 0.1) is 11.3 Å². The summed E-state index contributed by atoms with van der Waals surface area (Å²) in [5.41, 5.74) is 0. The van der Waals surface area contributed by atoms with E-state index in [1.165, 1.54) is 11.3 Å². The fourth-order valence-electron chi connectivity index (χ4n) is 0.776. The number of hydrogen-bond acceptors (Lipinski definition) is 3. The van der Waals surface area contributed by atoms with Crippen LogP contribution in [0.3, 0.4) is 0 Å². The van der Waals surface area contributed by atoms with E-state index < -0.39 is 10.8 Å². The van der Waals surface area contributed by atoms with E-state index in [0.29, 0.717) is 12.2 Å². The Hall–Kier alpha value is -0.660. The van der Waals surface area contributed by atoms with Gasteiger partial charge in [-0.3, -0.25) is 4.21 Å². The van der Waals surface area contributed by atoms with Gasteiger partial charge in [0.05, 0.1) is 21.1 Å². The van der Waals surface area contributed by atoms with Crippen LogP contribution in [0.15, 0.2) is 21.7 Å². The predicted molar refractivity (Wildman–Crippen MR) is 50.4 cm³/mol. The summed E-state index contributed by atoms with van der Waals surface area (Å²) in [6, 6.07) is 5.80. The molecule has 2 nitrogen and oxygen atoms in total. The lowest BCUT2D eigenvalue weighted by Crippen LogP contribution is -1.94. The summed E-state index contributed by atoms with van der Waals surface area (Å²) in [6.07, 6.45) is 1.22. The maximum atomic E-state index is 11.4. The average Bonchev–Trinajstić information content (AvgIpc) is 2.56. The Balaban J connectivity index is 2.36.